The van der Waals surface area contributed by atoms with Gasteiger partial charge >= 0.3 is 12.1 Å². The first-order valence-corrected chi connectivity index (χ1v) is 19.6. The summed E-state index contributed by atoms with van der Waals surface area (Å²) < 4.78 is 7.15. The van der Waals surface area contributed by atoms with E-state index in [1.165, 1.54) is 6.92 Å². The van der Waals surface area contributed by atoms with Crippen LogP contribution in [0.4, 0.5) is 9.59 Å². The predicted octanol–water partition coefficient (Wildman–Crippen LogP) is 1.31. The Morgan fingerprint density at radius 2 is 1.61 bits per heavy atom. The van der Waals surface area contributed by atoms with E-state index in [4.69, 9.17) is 21.9 Å². The van der Waals surface area contributed by atoms with Crippen molar-refractivity contribution in [3.8, 4) is 0 Å². The average molecular weight is 765 g/mol. The number of hydrogen-bond donors (Lipinski definition) is 6. The second-order valence-corrected chi connectivity index (χ2v) is 17.3. The fourth-order valence-corrected chi connectivity index (χ4v) is 13.7. The Hall–Kier alpha value is -6.15. The molecule has 9 N–H and O–H groups in total. The van der Waals surface area contributed by atoms with Crippen LogP contribution in [0.5, 0.6) is 0 Å². The van der Waals surface area contributed by atoms with E-state index in [-0.39, 0.29) is 53.1 Å². The lowest BCUT2D eigenvalue weighted by atomic mass is 9.38. The number of ether oxygens (including phenoxy) is 1. The molecule has 57 heavy (non-hydrogen) atoms. The number of ketones is 2. The van der Waals surface area contributed by atoms with E-state index in [0.29, 0.717) is 29.7 Å². The minimum atomic E-state index is -0.996. The first kappa shape index (κ1) is 33.0. The topological polar surface area (TPSA) is 243 Å². The molecule has 1 heterocycles. The lowest BCUT2D eigenvalue weighted by molar-refractivity contribution is -0.134. The highest BCUT2D eigenvalue weighted by Gasteiger charge is 2.69. The molecule has 12 unspecified atom stereocenters. The number of Topliss-reactive ketones (excluding diaryl/α,β-unsaturated/α-hetero) is 2. The third-order valence-corrected chi connectivity index (χ3v) is 14.9. The zero-order valence-electron chi connectivity index (χ0n) is 30.5. The van der Waals surface area contributed by atoms with Crippen LogP contribution in [0.3, 0.4) is 0 Å². The number of rotatable bonds is 4. The lowest BCUT2D eigenvalue weighted by Gasteiger charge is -2.65. The van der Waals surface area contributed by atoms with Crippen molar-refractivity contribution in [3.63, 3.8) is 0 Å². The van der Waals surface area contributed by atoms with E-state index < -0.39 is 71.7 Å². The van der Waals surface area contributed by atoms with E-state index in [0.717, 1.165) is 55.7 Å². The van der Waals surface area contributed by atoms with Gasteiger partial charge in [0.05, 0.1) is 18.2 Å². The molecule has 2 fully saturated rings. The van der Waals surface area contributed by atoms with E-state index in [2.05, 4.69) is 16.0 Å². The van der Waals surface area contributed by atoms with Gasteiger partial charge in [-0.2, -0.15) is 0 Å². The molecule has 286 valence electrons. The Kier molecular flexibility index (Phi) is 6.15. The fraction of sp³-hybridized carbons (Fsp3) is 0.372. The zero-order valence-corrected chi connectivity index (χ0v) is 30.5. The van der Waals surface area contributed by atoms with Gasteiger partial charge < -0.3 is 32.6 Å². The lowest BCUT2D eigenvalue weighted by Crippen LogP contribution is -2.63. The monoisotopic (exact) mass is 764 g/mol. The average Bonchev–Trinajstić information content (AvgIpc) is 3.15. The number of nitrogens with one attached hydrogen (secondary N) is 3. The smallest absolute Gasteiger partial charge is 0.316 e. The standard InChI is InChI=1S/C43H36N6O8/c1-11(50)47-41(54)17-9-14-16(40(44)53)7-13-8-21(51)31-35-25(13)26(14)27-15(17)10-23-33-36(27)37(35)28-18(39(31)52)6-12-2-3-19(48-42(45)55)29-24(12)34(28)38(33)32-22(57-23)5-4-20(30(29)32)49-43(46)56/h2-3,6-7,9-10,13-14,20,22-27,31,33,36H,4-5,8H2,1H3,(H2,44,53)(H3,45,48,55)(H3,46,49,56)(H,47,50,54). The number of imide groups is 1. The molecule has 12 rings (SSSR count). The quantitative estimate of drug-likeness (QED) is 0.228. The number of carbonyl (C=O) groups excluding carboxylic acids is 7. The molecule has 1 aliphatic heterocycles. The highest BCUT2D eigenvalue weighted by molar-refractivity contribution is 6.19. The summed E-state index contributed by atoms with van der Waals surface area (Å²) in [5.41, 5.74) is 27.6. The summed E-state index contributed by atoms with van der Waals surface area (Å²) >= 11 is 0. The predicted molar refractivity (Wildman–Crippen MR) is 198 cm³/mol. The molecule has 12 aliphatic rings. The van der Waals surface area contributed by atoms with Crippen molar-refractivity contribution in [3.05, 3.63) is 115 Å². The molecular weight excluding hydrogens is 729 g/mol. The van der Waals surface area contributed by atoms with Crippen molar-refractivity contribution < 1.29 is 38.3 Å². The van der Waals surface area contributed by atoms with Crippen LogP contribution in [-0.2, 0) is 28.7 Å². The number of carbonyl (C=O) groups is 7. The highest BCUT2D eigenvalue weighted by Crippen LogP contribution is 2.73. The fourth-order valence-electron chi connectivity index (χ4n) is 13.7. The zero-order chi connectivity index (χ0) is 39.2. The summed E-state index contributed by atoms with van der Waals surface area (Å²) in [5.74, 6) is -6.41. The minimum Gasteiger partial charge on any atom is -0.366 e. The van der Waals surface area contributed by atoms with Crippen LogP contribution in [0.2, 0.25) is 0 Å². The van der Waals surface area contributed by atoms with Gasteiger partial charge in [0.1, 0.15) is 11.7 Å². The third kappa shape index (κ3) is 3.86. The maximum absolute atomic E-state index is 15.1. The van der Waals surface area contributed by atoms with Gasteiger partial charge in [-0.15, -0.1) is 0 Å². The van der Waals surface area contributed by atoms with Crippen molar-refractivity contribution >= 4 is 41.4 Å². The van der Waals surface area contributed by atoms with Crippen LogP contribution in [0.15, 0.2) is 115 Å². The van der Waals surface area contributed by atoms with Crippen LogP contribution in [-0.4, -0.2) is 59.6 Å². The number of urea groups is 2. The molecule has 0 aromatic rings. The number of amides is 7. The molecule has 14 nitrogen and oxygen atoms in total. The van der Waals surface area contributed by atoms with E-state index in [9.17, 15) is 28.8 Å². The molecule has 11 aliphatic carbocycles. The summed E-state index contributed by atoms with van der Waals surface area (Å²) in [4.78, 5) is 94.4. The molecule has 2 saturated carbocycles. The van der Waals surface area contributed by atoms with Crippen LogP contribution in [0.25, 0.3) is 0 Å². The summed E-state index contributed by atoms with van der Waals surface area (Å²) in [6.45, 7) is 1.27. The molecule has 0 bridgehead atoms. The summed E-state index contributed by atoms with van der Waals surface area (Å²) in [6.07, 6.45) is 11.2. The Morgan fingerprint density at radius 1 is 0.807 bits per heavy atom. The molecule has 14 heteroatoms. The van der Waals surface area contributed by atoms with Gasteiger partial charge in [-0.3, -0.25) is 29.3 Å². The maximum atomic E-state index is 15.1. The van der Waals surface area contributed by atoms with Gasteiger partial charge in [-0.25, -0.2) is 9.59 Å². The molecule has 0 aromatic heterocycles. The Morgan fingerprint density at radius 3 is 2.35 bits per heavy atom. The second kappa shape index (κ2) is 10.6. The molecule has 0 saturated heterocycles. The van der Waals surface area contributed by atoms with Gasteiger partial charge in [0.15, 0.2) is 5.78 Å². The van der Waals surface area contributed by atoms with Crippen LogP contribution in [0.1, 0.15) is 26.2 Å². The molecule has 12 atom stereocenters. The molecule has 0 aromatic carbocycles. The SMILES string of the molecule is CC(=O)NC(=O)C1=CC2C(C(N)=O)=CC3CC(=O)C4C(=O)C5=CC6=CC=C(NC(N)=O)C7=C8C9=C%10C(=C5C5=C4C3C2C2C1=CC(OC9CCC8NC(N)=O)C%10C52)C67. The normalized spacial score (nSPS) is 38.6. The Balaban J connectivity index is 1.22. The Bertz CT molecular complexity index is 2610. The first-order chi connectivity index (χ1) is 27.3. The molecular formula is C43H36N6O8. The minimum absolute atomic E-state index is 0.0711. The molecule has 7 amide bonds. The van der Waals surface area contributed by atoms with Crippen molar-refractivity contribution in [2.45, 2.75) is 44.4 Å². The number of allylic oxidation sites excluding steroid dienone is 12. The Labute approximate surface area is 324 Å². The first-order valence-electron chi connectivity index (χ1n) is 19.6. The summed E-state index contributed by atoms with van der Waals surface area (Å²) in [5, 5.41) is 8.28. The second-order valence-electron chi connectivity index (χ2n) is 17.3. The van der Waals surface area contributed by atoms with E-state index in [1.54, 1.807) is 18.2 Å². The summed E-state index contributed by atoms with van der Waals surface area (Å²) in [6, 6.07) is -1.99. The highest BCUT2D eigenvalue weighted by atomic mass is 16.5. The van der Waals surface area contributed by atoms with Crippen molar-refractivity contribution in [1.82, 2.24) is 16.0 Å². The van der Waals surface area contributed by atoms with E-state index >= 15 is 4.79 Å². The van der Waals surface area contributed by atoms with Crippen molar-refractivity contribution in [1.29, 1.82) is 0 Å². The largest absolute Gasteiger partial charge is 0.366 e. The number of nitrogens with two attached hydrogens (primary N) is 3. The third-order valence-electron chi connectivity index (χ3n) is 14.9. The maximum Gasteiger partial charge on any atom is 0.316 e. The molecule has 0 spiro atoms. The van der Waals surface area contributed by atoms with Gasteiger partial charge in [0, 0.05) is 59.4 Å². The van der Waals surface area contributed by atoms with Crippen molar-refractivity contribution in [2.24, 2.45) is 70.5 Å². The van der Waals surface area contributed by atoms with Crippen LogP contribution < -0.4 is 33.2 Å². The molecule has 0 radical (unpaired) electrons. The van der Waals surface area contributed by atoms with Gasteiger partial charge in [0.2, 0.25) is 11.8 Å². The van der Waals surface area contributed by atoms with Gasteiger partial charge in [-0.1, -0.05) is 24.3 Å². The number of hydrogen-bond acceptors (Lipinski definition) is 8. The van der Waals surface area contributed by atoms with Crippen LogP contribution in [0, 0.1) is 53.3 Å². The van der Waals surface area contributed by atoms with E-state index in [1.807, 2.05) is 18.2 Å². The van der Waals surface area contributed by atoms with Crippen LogP contribution >= 0.6 is 0 Å². The van der Waals surface area contributed by atoms with Gasteiger partial charge in [-0.05, 0) is 104 Å². The summed E-state index contributed by atoms with van der Waals surface area (Å²) in [7, 11) is 0. The number of primary amides is 3. The van der Waals surface area contributed by atoms with Crippen molar-refractivity contribution in [2.75, 3.05) is 0 Å². The van der Waals surface area contributed by atoms with Gasteiger partial charge in [0.25, 0.3) is 5.91 Å².